The van der Waals surface area contributed by atoms with E-state index in [0.29, 0.717) is 21.4 Å². The minimum atomic E-state index is -0.152. The molecule has 1 aromatic carbocycles. The van der Waals surface area contributed by atoms with Gasteiger partial charge in [0.05, 0.1) is 10.4 Å². The van der Waals surface area contributed by atoms with E-state index in [1.54, 1.807) is 18.2 Å². The molecule has 0 saturated carbocycles. The van der Waals surface area contributed by atoms with Crippen LogP contribution in [0.25, 0.3) is 0 Å². The fourth-order valence-electron chi connectivity index (χ4n) is 1.95. The highest BCUT2D eigenvalue weighted by atomic mass is 35.5. The van der Waals surface area contributed by atoms with Gasteiger partial charge in [-0.15, -0.1) is 11.3 Å². The fraction of sp³-hybridized carbons (Fsp3) is 0.214. The number of ether oxygens (including phenoxy) is 2. The highest BCUT2D eigenvalue weighted by molar-refractivity contribution is 7.16. The molecule has 1 amide bonds. The summed E-state index contributed by atoms with van der Waals surface area (Å²) in [4.78, 5) is 13.2. The van der Waals surface area contributed by atoms with E-state index in [-0.39, 0.29) is 18.7 Å². The molecule has 0 fully saturated rings. The van der Waals surface area contributed by atoms with Crippen molar-refractivity contribution in [3.8, 4) is 11.5 Å². The molecule has 0 aliphatic carbocycles. The van der Waals surface area contributed by atoms with E-state index in [0.717, 1.165) is 4.88 Å². The molecule has 3 rings (SSSR count). The second-order valence-electron chi connectivity index (χ2n) is 4.41. The number of thiophene rings is 1. The van der Waals surface area contributed by atoms with E-state index in [1.165, 1.54) is 11.3 Å². The average molecular weight is 310 g/mol. The largest absolute Gasteiger partial charge is 0.454 e. The van der Waals surface area contributed by atoms with Gasteiger partial charge in [0, 0.05) is 10.4 Å². The van der Waals surface area contributed by atoms with E-state index in [2.05, 4.69) is 5.32 Å². The Kier molecular flexibility index (Phi) is 3.54. The molecule has 2 aromatic rings. The molecule has 104 valence electrons. The molecule has 0 saturated heterocycles. The highest BCUT2D eigenvalue weighted by Gasteiger charge is 2.18. The molecular formula is C14H12ClNO3S. The molecule has 2 heterocycles. The van der Waals surface area contributed by atoms with Gasteiger partial charge in [0.1, 0.15) is 0 Å². The Labute approximate surface area is 125 Å². The summed E-state index contributed by atoms with van der Waals surface area (Å²) < 4.78 is 11.2. The van der Waals surface area contributed by atoms with Crippen LogP contribution < -0.4 is 14.8 Å². The summed E-state index contributed by atoms with van der Waals surface area (Å²) in [5, 5.41) is 2.93. The lowest BCUT2D eigenvalue weighted by molar-refractivity contribution is 0.0940. The summed E-state index contributed by atoms with van der Waals surface area (Å²) in [5.74, 6) is 1.12. The molecule has 1 aromatic heterocycles. The van der Waals surface area contributed by atoms with Crippen LogP contribution in [0.5, 0.6) is 11.5 Å². The lowest BCUT2D eigenvalue weighted by Crippen LogP contribution is -2.26. The van der Waals surface area contributed by atoms with E-state index < -0.39 is 0 Å². The molecule has 0 radical (unpaired) electrons. The number of carbonyl (C=O) groups is 1. The molecule has 1 atom stereocenters. The standard InChI is InChI=1S/C14H12ClNO3S/c1-8(12-4-5-13(15)20-12)16-14(17)9-2-3-10-11(6-9)19-7-18-10/h2-6,8H,7H2,1H3,(H,16,17)/t8-/m0/s1. The van der Waals surface area contributed by atoms with Crippen molar-refractivity contribution in [1.29, 1.82) is 0 Å². The first-order valence-electron chi connectivity index (χ1n) is 6.09. The number of hydrogen-bond acceptors (Lipinski definition) is 4. The molecule has 0 spiro atoms. The number of benzene rings is 1. The second-order valence-corrected chi connectivity index (χ2v) is 6.15. The summed E-state index contributed by atoms with van der Waals surface area (Å²) >= 11 is 7.36. The monoisotopic (exact) mass is 309 g/mol. The predicted molar refractivity (Wildman–Crippen MR) is 77.8 cm³/mol. The van der Waals surface area contributed by atoms with Gasteiger partial charge in [-0.3, -0.25) is 4.79 Å². The Morgan fingerprint density at radius 1 is 1.30 bits per heavy atom. The predicted octanol–water partition coefficient (Wildman–Crippen LogP) is 3.62. The average Bonchev–Trinajstić information content (AvgIpc) is 3.05. The Hall–Kier alpha value is -1.72. The van der Waals surface area contributed by atoms with Crippen molar-refractivity contribution < 1.29 is 14.3 Å². The van der Waals surface area contributed by atoms with Crippen LogP contribution >= 0.6 is 22.9 Å². The van der Waals surface area contributed by atoms with Gasteiger partial charge in [-0.1, -0.05) is 11.6 Å². The summed E-state index contributed by atoms with van der Waals surface area (Å²) in [6.45, 7) is 2.12. The van der Waals surface area contributed by atoms with E-state index >= 15 is 0 Å². The van der Waals surface area contributed by atoms with Crippen molar-refractivity contribution in [2.45, 2.75) is 13.0 Å². The first-order chi connectivity index (χ1) is 9.63. The maximum atomic E-state index is 12.2. The number of nitrogens with one attached hydrogen (secondary N) is 1. The first-order valence-corrected chi connectivity index (χ1v) is 7.28. The Morgan fingerprint density at radius 2 is 2.10 bits per heavy atom. The van der Waals surface area contributed by atoms with Crippen LogP contribution in [0.2, 0.25) is 4.34 Å². The van der Waals surface area contributed by atoms with Crippen molar-refractivity contribution in [2.75, 3.05) is 6.79 Å². The van der Waals surface area contributed by atoms with E-state index in [4.69, 9.17) is 21.1 Å². The normalized spacial score (nSPS) is 14.1. The van der Waals surface area contributed by atoms with Crippen LogP contribution in [0.3, 0.4) is 0 Å². The molecule has 1 aliphatic heterocycles. The van der Waals surface area contributed by atoms with Gasteiger partial charge in [-0.25, -0.2) is 0 Å². The molecule has 0 bridgehead atoms. The zero-order chi connectivity index (χ0) is 14.1. The lowest BCUT2D eigenvalue weighted by atomic mass is 10.1. The summed E-state index contributed by atoms with van der Waals surface area (Å²) in [5.41, 5.74) is 0.545. The van der Waals surface area contributed by atoms with Crippen molar-refractivity contribution in [3.63, 3.8) is 0 Å². The highest BCUT2D eigenvalue weighted by Crippen LogP contribution is 2.33. The van der Waals surface area contributed by atoms with E-state index in [9.17, 15) is 4.79 Å². The topological polar surface area (TPSA) is 47.6 Å². The van der Waals surface area contributed by atoms with Crippen LogP contribution in [0.1, 0.15) is 28.2 Å². The van der Waals surface area contributed by atoms with Gasteiger partial charge in [-0.2, -0.15) is 0 Å². The quantitative estimate of drug-likeness (QED) is 0.942. The van der Waals surface area contributed by atoms with Gasteiger partial charge in [0.25, 0.3) is 5.91 Å². The third-order valence-corrected chi connectivity index (χ3v) is 4.42. The Morgan fingerprint density at radius 3 is 2.85 bits per heavy atom. The first kappa shape index (κ1) is 13.3. The summed E-state index contributed by atoms with van der Waals surface area (Å²) in [7, 11) is 0. The lowest BCUT2D eigenvalue weighted by Gasteiger charge is -2.12. The maximum Gasteiger partial charge on any atom is 0.251 e. The number of rotatable bonds is 3. The summed E-state index contributed by atoms with van der Waals surface area (Å²) in [6, 6.07) is 8.79. The van der Waals surface area contributed by atoms with Gasteiger partial charge >= 0.3 is 0 Å². The maximum absolute atomic E-state index is 12.2. The van der Waals surface area contributed by atoms with Crippen molar-refractivity contribution >= 4 is 28.8 Å². The fourth-order valence-corrected chi connectivity index (χ4v) is 3.01. The number of carbonyl (C=O) groups excluding carboxylic acids is 1. The summed E-state index contributed by atoms with van der Waals surface area (Å²) in [6.07, 6.45) is 0. The van der Waals surface area contributed by atoms with Crippen molar-refractivity contribution in [1.82, 2.24) is 5.32 Å². The zero-order valence-corrected chi connectivity index (χ0v) is 12.3. The van der Waals surface area contributed by atoms with Gasteiger partial charge < -0.3 is 14.8 Å². The molecular weight excluding hydrogens is 298 g/mol. The zero-order valence-electron chi connectivity index (χ0n) is 10.7. The molecule has 20 heavy (non-hydrogen) atoms. The van der Waals surface area contributed by atoms with Gasteiger partial charge in [0.15, 0.2) is 11.5 Å². The smallest absolute Gasteiger partial charge is 0.251 e. The number of halogens is 1. The molecule has 0 unspecified atom stereocenters. The molecule has 1 N–H and O–H groups in total. The number of hydrogen-bond donors (Lipinski definition) is 1. The van der Waals surface area contributed by atoms with Crippen molar-refractivity contribution in [2.24, 2.45) is 0 Å². The third-order valence-electron chi connectivity index (χ3n) is 3.00. The molecule has 6 heteroatoms. The van der Waals surface area contributed by atoms with Crippen LogP contribution in [0, 0.1) is 0 Å². The minimum Gasteiger partial charge on any atom is -0.454 e. The van der Waals surface area contributed by atoms with Crippen molar-refractivity contribution in [3.05, 3.63) is 45.1 Å². The Bertz CT molecular complexity index is 656. The number of fused-ring (bicyclic) bond motifs is 1. The molecule has 1 aliphatic rings. The van der Waals surface area contributed by atoms with Gasteiger partial charge in [0.2, 0.25) is 6.79 Å². The van der Waals surface area contributed by atoms with Crippen LogP contribution in [-0.2, 0) is 0 Å². The Balaban J connectivity index is 1.73. The van der Waals surface area contributed by atoms with Gasteiger partial charge in [-0.05, 0) is 37.3 Å². The van der Waals surface area contributed by atoms with Crippen LogP contribution in [0.4, 0.5) is 0 Å². The third kappa shape index (κ3) is 2.59. The van der Waals surface area contributed by atoms with Crippen LogP contribution in [0.15, 0.2) is 30.3 Å². The molecule has 4 nitrogen and oxygen atoms in total. The minimum absolute atomic E-state index is 0.0922. The van der Waals surface area contributed by atoms with Crippen LogP contribution in [-0.4, -0.2) is 12.7 Å². The van der Waals surface area contributed by atoms with E-state index in [1.807, 2.05) is 19.1 Å². The number of amides is 1. The SMILES string of the molecule is C[C@H](NC(=O)c1ccc2c(c1)OCO2)c1ccc(Cl)s1. The second kappa shape index (κ2) is 5.34.